The van der Waals surface area contributed by atoms with Crippen LogP contribution in [0.3, 0.4) is 0 Å². The van der Waals surface area contributed by atoms with Crippen molar-refractivity contribution in [3.63, 3.8) is 0 Å². The fourth-order valence-corrected chi connectivity index (χ4v) is 2.05. The molecule has 0 bridgehead atoms. The second-order valence-corrected chi connectivity index (χ2v) is 3.97. The van der Waals surface area contributed by atoms with Crippen LogP contribution in [0, 0.1) is 0 Å². The van der Waals surface area contributed by atoms with E-state index in [9.17, 15) is 0 Å². The Morgan fingerprint density at radius 1 is 1.09 bits per heavy atom. The van der Waals surface area contributed by atoms with E-state index in [-0.39, 0.29) is 0 Å². The van der Waals surface area contributed by atoms with Crippen LogP contribution in [0.25, 0.3) is 0 Å². The van der Waals surface area contributed by atoms with Crippen molar-refractivity contribution in [2.75, 3.05) is 26.8 Å². The first kappa shape index (κ1) is 7.56. The summed E-state index contributed by atoms with van der Waals surface area (Å²) >= 11 is 0. The number of rotatable bonds is 1. The molecule has 2 nitrogen and oxygen atoms in total. The molecule has 0 atom stereocenters. The lowest BCUT2D eigenvalue weighted by Gasteiger charge is -2.42. The standard InChI is InChI=1S/C9H18N2/c1-10-6-3-7-11(8-10)9-4-2-5-9/h9H,2-8H2,1H3. The highest BCUT2D eigenvalue weighted by Crippen LogP contribution is 2.25. The van der Waals surface area contributed by atoms with E-state index in [0.29, 0.717) is 0 Å². The van der Waals surface area contributed by atoms with Crippen LogP contribution in [-0.4, -0.2) is 42.6 Å². The second kappa shape index (κ2) is 3.11. The Hall–Kier alpha value is -0.0800. The summed E-state index contributed by atoms with van der Waals surface area (Å²) in [4.78, 5) is 5.08. The largest absolute Gasteiger partial charge is 0.293 e. The van der Waals surface area contributed by atoms with Crippen LogP contribution in [0.2, 0.25) is 0 Å². The van der Waals surface area contributed by atoms with E-state index in [1.807, 2.05) is 0 Å². The maximum absolute atomic E-state index is 2.65. The molecule has 0 N–H and O–H groups in total. The molecular weight excluding hydrogens is 136 g/mol. The Morgan fingerprint density at radius 2 is 1.91 bits per heavy atom. The van der Waals surface area contributed by atoms with E-state index in [1.54, 1.807) is 0 Å². The monoisotopic (exact) mass is 154 g/mol. The summed E-state index contributed by atoms with van der Waals surface area (Å²) < 4.78 is 0. The lowest BCUT2D eigenvalue weighted by Crippen LogP contribution is -2.50. The third kappa shape index (κ3) is 1.57. The fraction of sp³-hybridized carbons (Fsp3) is 1.00. The predicted molar refractivity (Wildman–Crippen MR) is 46.5 cm³/mol. The molecule has 11 heavy (non-hydrogen) atoms. The topological polar surface area (TPSA) is 6.48 Å². The SMILES string of the molecule is CN1CCCN(C2CCC2)C1. The minimum atomic E-state index is 0.942. The van der Waals surface area contributed by atoms with Crippen LogP contribution in [0.1, 0.15) is 25.7 Å². The lowest BCUT2D eigenvalue weighted by atomic mass is 9.91. The van der Waals surface area contributed by atoms with E-state index in [0.717, 1.165) is 6.04 Å². The fourth-order valence-electron chi connectivity index (χ4n) is 2.05. The van der Waals surface area contributed by atoms with Gasteiger partial charge in [0.25, 0.3) is 0 Å². The third-order valence-electron chi connectivity index (χ3n) is 3.00. The molecule has 2 fully saturated rings. The molecule has 1 heterocycles. The van der Waals surface area contributed by atoms with E-state index >= 15 is 0 Å². The van der Waals surface area contributed by atoms with Gasteiger partial charge in [0, 0.05) is 19.1 Å². The summed E-state index contributed by atoms with van der Waals surface area (Å²) in [6, 6.07) is 0.942. The average molecular weight is 154 g/mol. The van der Waals surface area contributed by atoms with Gasteiger partial charge in [-0.05, 0) is 26.3 Å². The summed E-state index contributed by atoms with van der Waals surface area (Å²) in [5, 5.41) is 0. The predicted octanol–water partition coefficient (Wildman–Crippen LogP) is 1.13. The van der Waals surface area contributed by atoms with E-state index < -0.39 is 0 Å². The van der Waals surface area contributed by atoms with Crippen LogP contribution < -0.4 is 0 Å². The summed E-state index contributed by atoms with van der Waals surface area (Å²) in [6.07, 6.45) is 5.74. The average Bonchev–Trinajstić information content (AvgIpc) is 1.83. The van der Waals surface area contributed by atoms with Gasteiger partial charge in [-0.1, -0.05) is 6.42 Å². The van der Waals surface area contributed by atoms with Gasteiger partial charge in [0.15, 0.2) is 0 Å². The molecule has 2 aliphatic rings. The van der Waals surface area contributed by atoms with Crippen molar-refractivity contribution >= 4 is 0 Å². The highest BCUT2D eigenvalue weighted by atomic mass is 15.3. The third-order valence-corrected chi connectivity index (χ3v) is 3.00. The maximum atomic E-state index is 2.65. The quantitative estimate of drug-likeness (QED) is 0.558. The Balaban J connectivity index is 1.82. The first-order valence-electron chi connectivity index (χ1n) is 4.79. The molecule has 0 spiro atoms. The van der Waals surface area contributed by atoms with Gasteiger partial charge in [-0.15, -0.1) is 0 Å². The Kier molecular flexibility index (Phi) is 2.14. The summed E-state index contributed by atoms with van der Waals surface area (Å²) in [6.45, 7) is 3.85. The van der Waals surface area contributed by atoms with Crippen molar-refractivity contribution in [1.82, 2.24) is 9.80 Å². The number of hydrogen-bond donors (Lipinski definition) is 0. The van der Waals surface area contributed by atoms with Gasteiger partial charge in [-0.25, -0.2) is 0 Å². The molecule has 0 amide bonds. The van der Waals surface area contributed by atoms with Crippen LogP contribution >= 0.6 is 0 Å². The minimum Gasteiger partial charge on any atom is -0.293 e. The smallest absolute Gasteiger partial charge is 0.0506 e. The molecule has 2 heteroatoms. The van der Waals surface area contributed by atoms with Gasteiger partial charge in [-0.2, -0.15) is 0 Å². The van der Waals surface area contributed by atoms with Gasteiger partial charge in [0.2, 0.25) is 0 Å². The molecule has 0 radical (unpaired) electrons. The molecular formula is C9H18N2. The Labute approximate surface area is 69.2 Å². The van der Waals surface area contributed by atoms with Crippen LogP contribution in [0.15, 0.2) is 0 Å². The molecule has 1 aliphatic carbocycles. The molecule has 64 valence electrons. The first-order valence-corrected chi connectivity index (χ1v) is 4.79. The molecule has 0 unspecified atom stereocenters. The minimum absolute atomic E-state index is 0.942. The molecule has 0 aromatic rings. The van der Waals surface area contributed by atoms with E-state index in [1.165, 1.54) is 45.4 Å². The second-order valence-electron chi connectivity index (χ2n) is 3.97. The van der Waals surface area contributed by atoms with Gasteiger partial charge in [-0.3, -0.25) is 9.80 Å². The van der Waals surface area contributed by atoms with E-state index in [4.69, 9.17) is 0 Å². The van der Waals surface area contributed by atoms with Crippen LogP contribution in [0.5, 0.6) is 0 Å². The van der Waals surface area contributed by atoms with Gasteiger partial charge < -0.3 is 0 Å². The number of hydrogen-bond acceptors (Lipinski definition) is 2. The molecule has 1 saturated heterocycles. The molecule has 1 saturated carbocycles. The zero-order valence-electron chi connectivity index (χ0n) is 7.42. The molecule has 0 aromatic carbocycles. The lowest BCUT2D eigenvalue weighted by molar-refractivity contribution is 0.0359. The maximum Gasteiger partial charge on any atom is 0.0506 e. The Morgan fingerprint density at radius 3 is 2.45 bits per heavy atom. The highest BCUT2D eigenvalue weighted by Gasteiger charge is 2.26. The van der Waals surface area contributed by atoms with E-state index in [2.05, 4.69) is 16.8 Å². The summed E-state index contributed by atoms with van der Waals surface area (Å²) in [7, 11) is 2.23. The highest BCUT2D eigenvalue weighted by molar-refractivity contribution is 4.81. The first-order chi connectivity index (χ1) is 5.36. The van der Waals surface area contributed by atoms with Crippen molar-refractivity contribution in [2.45, 2.75) is 31.7 Å². The van der Waals surface area contributed by atoms with Crippen molar-refractivity contribution in [3.05, 3.63) is 0 Å². The summed E-state index contributed by atoms with van der Waals surface area (Å²) in [5.41, 5.74) is 0. The van der Waals surface area contributed by atoms with Gasteiger partial charge in [0.1, 0.15) is 0 Å². The normalized spacial score (nSPS) is 30.3. The Bertz CT molecular complexity index is 132. The van der Waals surface area contributed by atoms with Crippen molar-refractivity contribution < 1.29 is 0 Å². The van der Waals surface area contributed by atoms with Crippen LogP contribution in [-0.2, 0) is 0 Å². The molecule has 2 rings (SSSR count). The van der Waals surface area contributed by atoms with Crippen molar-refractivity contribution in [3.8, 4) is 0 Å². The summed E-state index contributed by atoms with van der Waals surface area (Å²) in [5.74, 6) is 0. The van der Waals surface area contributed by atoms with Crippen molar-refractivity contribution in [2.24, 2.45) is 0 Å². The zero-order valence-corrected chi connectivity index (χ0v) is 7.42. The van der Waals surface area contributed by atoms with Crippen LogP contribution in [0.4, 0.5) is 0 Å². The molecule has 0 aromatic heterocycles. The zero-order chi connectivity index (χ0) is 7.68. The van der Waals surface area contributed by atoms with Gasteiger partial charge >= 0.3 is 0 Å². The number of nitrogens with zero attached hydrogens (tertiary/aromatic N) is 2. The van der Waals surface area contributed by atoms with Gasteiger partial charge in [0.05, 0.1) is 6.67 Å². The van der Waals surface area contributed by atoms with Crippen molar-refractivity contribution in [1.29, 1.82) is 0 Å². The molecule has 1 aliphatic heterocycles.